The highest BCUT2D eigenvalue weighted by Crippen LogP contribution is 2.16. The zero-order valence-corrected chi connectivity index (χ0v) is 8.05. The minimum atomic E-state index is 0.0540. The van der Waals surface area contributed by atoms with Crippen LogP contribution in [0.2, 0.25) is 0 Å². The maximum Gasteiger partial charge on any atom is 0.237 e. The topological polar surface area (TPSA) is 32.3 Å². The fourth-order valence-electron chi connectivity index (χ4n) is 1.77. The highest BCUT2D eigenvalue weighted by Gasteiger charge is 2.28. The van der Waals surface area contributed by atoms with Gasteiger partial charge in [0.05, 0.1) is 6.04 Å². The van der Waals surface area contributed by atoms with Crippen molar-refractivity contribution in [2.45, 2.75) is 25.3 Å². The molecule has 0 aromatic rings. The van der Waals surface area contributed by atoms with E-state index >= 15 is 0 Å². The summed E-state index contributed by atoms with van der Waals surface area (Å²) in [4.78, 5) is 13.5. The van der Waals surface area contributed by atoms with Crippen LogP contribution < -0.4 is 5.32 Å². The molecule has 1 saturated heterocycles. The first-order chi connectivity index (χ1) is 6.29. The highest BCUT2D eigenvalue weighted by atomic mass is 16.2. The smallest absolute Gasteiger partial charge is 0.237 e. The van der Waals surface area contributed by atoms with Crippen molar-refractivity contribution in [2.24, 2.45) is 0 Å². The van der Waals surface area contributed by atoms with Crippen molar-refractivity contribution in [1.82, 2.24) is 10.2 Å². The minimum absolute atomic E-state index is 0.0540. The summed E-state index contributed by atoms with van der Waals surface area (Å²) in [6.45, 7) is 1.84. The summed E-state index contributed by atoms with van der Waals surface area (Å²) in [5.41, 5.74) is 0. The van der Waals surface area contributed by atoms with Gasteiger partial charge in [-0.3, -0.25) is 9.69 Å². The summed E-state index contributed by atoms with van der Waals surface area (Å²) in [5, 5.41) is 2.68. The summed E-state index contributed by atoms with van der Waals surface area (Å²) in [6.07, 6.45) is 7.98. The monoisotopic (exact) mass is 180 g/mol. The molecule has 0 spiro atoms. The standard InChI is InChI=1S/C10H16N2O/c1-3-4-7-12-8-5-6-9(12)10(13)11-2/h1,9H,4-8H2,2H3,(H,11,13). The van der Waals surface area contributed by atoms with E-state index in [1.54, 1.807) is 7.05 Å². The van der Waals surface area contributed by atoms with E-state index in [2.05, 4.69) is 16.1 Å². The van der Waals surface area contributed by atoms with Crippen molar-refractivity contribution in [3.8, 4) is 12.3 Å². The number of likely N-dealkylation sites (N-methyl/N-ethyl adjacent to an activating group) is 1. The van der Waals surface area contributed by atoms with Crippen LogP contribution in [0.3, 0.4) is 0 Å². The molecular weight excluding hydrogens is 164 g/mol. The van der Waals surface area contributed by atoms with Crippen LogP contribution >= 0.6 is 0 Å². The molecular formula is C10H16N2O. The molecule has 0 aromatic heterocycles. The normalized spacial score (nSPS) is 22.6. The number of rotatable bonds is 3. The molecule has 3 nitrogen and oxygen atoms in total. The van der Waals surface area contributed by atoms with Gasteiger partial charge < -0.3 is 5.32 Å². The van der Waals surface area contributed by atoms with Crippen molar-refractivity contribution in [1.29, 1.82) is 0 Å². The fourth-order valence-corrected chi connectivity index (χ4v) is 1.77. The maximum absolute atomic E-state index is 11.4. The van der Waals surface area contributed by atoms with Gasteiger partial charge in [0.25, 0.3) is 0 Å². The Balaban J connectivity index is 2.44. The first-order valence-electron chi connectivity index (χ1n) is 4.68. The van der Waals surface area contributed by atoms with Gasteiger partial charge in [0.2, 0.25) is 5.91 Å². The predicted octanol–water partition coefficient (Wildman–Crippen LogP) is 0.220. The molecule has 0 radical (unpaired) electrons. The van der Waals surface area contributed by atoms with Gasteiger partial charge in [0.1, 0.15) is 0 Å². The lowest BCUT2D eigenvalue weighted by atomic mass is 10.2. The van der Waals surface area contributed by atoms with Gasteiger partial charge in [-0.25, -0.2) is 0 Å². The number of hydrogen-bond donors (Lipinski definition) is 1. The van der Waals surface area contributed by atoms with E-state index in [1.165, 1.54) is 0 Å². The molecule has 1 heterocycles. The number of carbonyl (C=O) groups is 1. The first kappa shape index (κ1) is 10.1. The second-order valence-corrected chi connectivity index (χ2v) is 3.26. The molecule has 1 unspecified atom stereocenters. The van der Waals surface area contributed by atoms with Gasteiger partial charge in [-0.15, -0.1) is 12.3 Å². The van der Waals surface area contributed by atoms with Crippen LogP contribution in [0.25, 0.3) is 0 Å². The van der Waals surface area contributed by atoms with E-state index in [-0.39, 0.29) is 11.9 Å². The summed E-state index contributed by atoms with van der Waals surface area (Å²) in [6, 6.07) is 0.0540. The van der Waals surface area contributed by atoms with Gasteiger partial charge >= 0.3 is 0 Å². The van der Waals surface area contributed by atoms with Gasteiger partial charge in [-0.05, 0) is 19.4 Å². The third-order valence-corrected chi connectivity index (χ3v) is 2.46. The second-order valence-electron chi connectivity index (χ2n) is 3.26. The van der Waals surface area contributed by atoms with Gasteiger partial charge in [0, 0.05) is 20.0 Å². The number of carbonyl (C=O) groups excluding carboxylic acids is 1. The molecule has 13 heavy (non-hydrogen) atoms. The first-order valence-corrected chi connectivity index (χ1v) is 4.68. The van der Waals surface area contributed by atoms with E-state index in [0.717, 1.165) is 32.4 Å². The van der Waals surface area contributed by atoms with E-state index in [4.69, 9.17) is 6.42 Å². The van der Waals surface area contributed by atoms with Crippen LogP contribution in [0.4, 0.5) is 0 Å². The average molecular weight is 180 g/mol. The molecule has 1 aliphatic rings. The Morgan fingerprint density at radius 3 is 3.15 bits per heavy atom. The van der Waals surface area contributed by atoms with Crippen molar-refractivity contribution in [2.75, 3.05) is 20.1 Å². The summed E-state index contributed by atoms with van der Waals surface area (Å²) in [5.74, 6) is 2.72. The molecule has 1 fully saturated rings. The Labute approximate surface area is 79.5 Å². The lowest BCUT2D eigenvalue weighted by Gasteiger charge is -2.21. The highest BCUT2D eigenvalue weighted by molar-refractivity contribution is 5.81. The number of terminal acetylenes is 1. The lowest BCUT2D eigenvalue weighted by molar-refractivity contribution is -0.124. The number of hydrogen-bond acceptors (Lipinski definition) is 2. The SMILES string of the molecule is C#CCCN1CCCC1C(=O)NC. The largest absolute Gasteiger partial charge is 0.358 e. The van der Waals surface area contributed by atoms with E-state index in [9.17, 15) is 4.79 Å². The van der Waals surface area contributed by atoms with Crippen LogP contribution in [0.15, 0.2) is 0 Å². The third-order valence-electron chi connectivity index (χ3n) is 2.46. The summed E-state index contributed by atoms with van der Waals surface area (Å²) in [7, 11) is 1.68. The fraction of sp³-hybridized carbons (Fsp3) is 0.700. The molecule has 0 aromatic carbocycles. The Morgan fingerprint density at radius 1 is 1.77 bits per heavy atom. The van der Waals surface area contributed by atoms with Crippen molar-refractivity contribution in [3.05, 3.63) is 0 Å². The molecule has 1 atom stereocenters. The lowest BCUT2D eigenvalue weighted by Crippen LogP contribution is -2.42. The van der Waals surface area contributed by atoms with Crippen LogP contribution in [0, 0.1) is 12.3 Å². The van der Waals surface area contributed by atoms with Crippen LogP contribution in [-0.2, 0) is 4.79 Å². The van der Waals surface area contributed by atoms with E-state index in [1.807, 2.05) is 0 Å². The van der Waals surface area contributed by atoms with Crippen molar-refractivity contribution >= 4 is 5.91 Å². The molecule has 3 heteroatoms. The molecule has 1 amide bonds. The molecule has 0 aliphatic carbocycles. The van der Waals surface area contributed by atoms with Gasteiger partial charge in [-0.2, -0.15) is 0 Å². The van der Waals surface area contributed by atoms with E-state index in [0.29, 0.717) is 0 Å². The molecule has 1 aliphatic heterocycles. The van der Waals surface area contributed by atoms with Crippen LogP contribution in [0.5, 0.6) is 0 Å². The number of nitrogens with one attached hydrogen (secondary N) is 1. The van der Waals surface area contributed by atoms with Crippen LogP contribution in [-0.4, -0.2) is 37.0 Å². The van der Waals surface area contributed by atoms with Crippen molar-refractivity contribution in [3.63, 3.8) is 0 Å². The quantitative estimate of drug-likeness (QED) is 0.630. The Morgan fingerprint density at radius 2 is 2.54 bits per heavy atom. The molecule has 0 saturated carbocycles. The summed E-state index contributed by atoms with van der Waals surface area (Å²) < 4.78 is 0. The Bertz CT molecular complexity index is 219. The van der Waals surface area contributed by atoms with Gasteiger partial charge in [0.15, 0.2) is 0 Å². The zero-order chi connectivity index (χ0) is 9.68. The van der Waals surface area contributed by atoms with Crippen LogP contribution in [0.1, 0.15) is 19.3 Å². The number of amides is 1. The average Bonchev–Trinajstić information content (AvgIpc) is 2.61. The maximum atomic E-state index is 11.4. The molecule has 0 bridgehead atoms. The zero-order valence-electron chi connectivity index (χ0n) is 8.05. The second kappa shape index (κ2) is 4.88. The molecule has 1 rings (SSSR count). The van der Waals surface area contributed by atoms with E-state index < -0.39 is 0 Å². The minimum Gasteiger partial charge on any atom is -0.358 e. The molecule has 72 valence electrons. The Hall–Kier alpha value is -1.01. The van der Waals surface area contributed by atoms with Gasteiger partial charge in [-0.1, -0.05) is 0 Å². The third kappa shape index (κ3) is 2.46. The Kier molecular flexibility index (Phi) is 3.78. The van der Waals surface area contributed by atoms with Crippen molar-refractivity contribution < 1.29 is 4.79 Å². The molecule has 1 N–H and O–H groups in total. The predicted molar refractivity (Wildman–Crippen MR) is 52.1 cm³/mol. The summed E-state index contributed by atoms with van der Waals surface area (Å²) >= 11 is 0. The number of likely N-dealkylation sites (tertiary alicyclic amines) is 1. The number of nitrogens with zero attached hydrogens (tertiary/aromatic N) is 1.